The summed E-state index contributed by atoms with van der Waals surface area (Å²) in [5.41, 5.74) is 6.90. The second-order valence-corrected chi connectivity index (χ2v) is 4.33. The molecule has 0 spiro atoms. The maximum absolute atomic E-state index is 5.63. The van der Waals surface area contributed by atoms with Crippen LogP contribution in [0.5, 0.6) is 0 Å². The Labute approximate surface area is 90.3 Å². The Bertz CT molecular complexity index is 303. The molecule has 0 aromatic carbocycles. The number of nitrogens with two attached hydrogens (primary N) is 1. The maximum Gasteiger partial charge on any atom is 0.222 e. The Morgan fingerprint density at radius 1 is 1.47 bits per heavy atom. The van der Waals surface area contributed by atoms with Crippen LogP contribution in [0.15, 0.2) is 12.4 Å². The van der Waals surface area contributed by atoms with Crippen LogP contribution in [0.3, 0.4) is 0 Å². The standard InChI is InChI=1S/C11H18N4/c1-8(12)5-13-11-14-6-10(7-15-11)9-3-2-4-9/h6-9H,2-5,12H2,1H3,(H,13,14,15). The monoisotopic (exact) mass is 206 g/mol. The summed E-state index contributed by atoms with van der Waals surface area (Å²) >= 11 is 0. The molecular formula is C11H18N4. The second-order valence-electron chi connectivity index (χ2n) is 4.33. The van der Waals surface area contributed by atoms with Crippen LogP contribution in [0.4, 0.5) is 5.95 Å². The number of hydrogen-bond donors (Lipinski definition) is 2. The molecule has 15 heavy (non-hydrogen) atoms. The van der Waals surface area contributed by atoms with Gasteiger partial charge in [0.05, 0.1) is 0 Å². The molecule has 0 bridgehead atoms. The minimum absolute atomic E-state index is 0.125. The average molecular weight is 206 g/mol. The van der Waals surface area contributed by atoms with E-state index >= 15 is 0 Å². The number of rotatable bonds is 4. The molecule has 1 aliphatic carbocycles. The molecule has 3 N–H and O–H groups in total. The van der Waals surface area contributed by atoms with Crippen LogP contribution < -0.4 is 11.1 Å². The van der Waals surface area contributed by atoms with Gasteiger partial charge in [-0.2, -0.15) is 0 Å². The van der Waals surface area contributed by atoms with Gasteiger partial charge in [0.15, 0.2) is 0 Å². The first-order valence-electron chi connectivity index (χ1n) is 5.57. The van der Waals surface area contributed by atoms with Crippen molar-refractivity contribution in [3.63, 3.8) is 0 Å². The van der Waals surface area contributed by atoms with Gasteiger partial charge >= 0.3 is 0 Å². The smallest absolute Gasteiger partial charge is 0.222 e. The third kappa shape index (κ3) is 2.65. The van der Waals surface area contributed by atoms with Gasteiger partial charge < -0.3 is 11.1 Å². The molecule has 2 rings (SSSR count). The Balaban J connectivity index is 1.91. The molecule has 1 aromatic heterocycles. The highest BCUT2D eigenvalue weighted by atomic mass is 15.1. The van der Waals surface area contributed by atoms with Crippen molar-refractivity contribution in [3.8, 4) is 0 Å². The van der Waals surface area contributed by atoms with E-state index in [1.165, 1.54) is 24.8 Å². The lowest BCUT2D eigenvalue weighted by atomic mass is 9.81. The molecule has 1 aromatic rings. The Morgan fingerprint density at radius 2 is 2.13 bits per heavy atom. The molecule has 0 aliphatic heterocycles. The van der Waals surface area contributed by atoms with Crippen molar-refractivity contribution in [1.29, 1.82) is 0 Å². The molecule has 0 saturated heterocycles. The van der Waals surface area contributed by atoms with E-state index in [0.29, 0.717) is 18.4 Å². The van der Waals surface area contributed by atoms with Gasteiger partial charge in [-0.3, -0.25) is 0 Å². The number of nitrogens with one attached hydrogen (secondary N) is 1. The van der Waals surface area contributed by atoms with Crippen LogP contribution in [0.2, 0.25) is 0 Å². The van der Waals surface area contributed by atoms with Crippen LogP contribution in [0, 0.1) is 0 Å². The van der Waals surface area contributed by atoms with E-state index in [9.17, 15) is 0 Å². The predicted molar refractivity (Wildman–Crippen MR) is 60.8 cm³/mol. The first-order chi connectivity index (χ1) is 7.25. The lowest BCUT2D eigenvalue weighted by molar-refractivity contribution is 0.418. The highest BCUT2D eigenvalue weighted by Gasteiger charge is 2.19. The summed E-state index contributed by atoms with van der Waals surface area (Å²) in [7, 11) is 0. The third-order valence-electron chi connectivity index (χ3n) is 2.83. The van der Waals surface area contributed by atoms with Crippen molar-refractivity contribution in [2.24, 2.45) is 5.73 Å². The molecular weight excluding hydrogens is 188 g/mol. The Hall–Kier alpha value is -1.16. The van der Waals surface area contributed by atoms with Crippen molar-refractivity contribution in [3.05, 3.63) is 18.0 Å². The SMILES string of the molecule is CC(N)CNc1ncc(C2CCC2)cn1. The van der Waals surface area contributed by atoms with Gasteiger partial charge in [0.2, 0.25) is 5.95 Å². The molecule has 1 saturated carbocycles. The Morgan fingerprint density at radius 3 is 2.60 bits per heavy atom. The zero-order valence-electron chi connectivity index (χ0n) is 9.11. The number of anilines is 1. The van der Waals surface area contributed by atoms with Crippen molar-refractivity contribution >= 4 is 5.95 Å². The summed E-state index contributed by atoms with van der Waals surface area (Å²) in [6.07, 6.45) is 7.78. The number of nitrogens with zero attached hydrogens (tertiary/aromatic N) is 2. The van der Waals surface area contributed by atoms with Crippen LogP contribution in [-0.4, -0.2) is 22.6 Å². The molecule has 4 nitrogen and oxygen atoms in total. The van der Waals surface area contributed by atoms with Crippen LogP contribution in [0.25, 0.3) is 0 Å². The van der Waals surface area contributed by atoms with E-state index in [2.05, 4.69) is 15.3 Å². The minimum atomic E-state index is 0.125. The predicted octanol–water partition coefficient (Wildman–Crippen LogP) is 1.50. The molecule has 82 valence electrons. The van der Waals surface area contributed by atoms with E-state index in [-0.39, 0.29) is 6.04 Å². The van der Waals surface area contributed by atoms with E-state index in [0.717, 1.165) is 0 Å². The fourth-order valence-electron chi connectivity index (χ4n) is 1.63. The third-order valence-corrected chi connectivity index (χ3v) is 2.83. The van der Waals surface area contributed by atoms with Crippen LogP contribution in [-0.2, 0) is 0 Å². The number of aromatic nitrogens is 2. The normalized spacial score (nSPS) is 18.3. The molecule has 1 fully saturated rings. The maximum atomic E-state index is 5.63. The molecule has 1 heterocycles. The van der Waals surface area contributed by atoms with E-state index in [1.54, 1.807) is 0 Å². The van der Waals surface area contributed by atoms with Gasteiger partial charge in [0.25, 0.3) is 0 Å². The van der Waals surface area contributed by atoms with Crippen LogP contribution in [0.1, 0.15) is 37.7 Å². The molecule has 0 amide bonds. The molecule has 4 heteroatoms. The summed E-state index contributed by atoms with van der Waals surface area (Å²) in [4.78, 5) is 8.55. The van der Waals surface area contributed by atoms with Gasteiger partial charge in [0.1, 0.15) is 0 Å². The fourth-order valence-corrected chi connectivity index (χ4v) is 1.63. The van der Waals surface area contributed by atoms with Gasteiger partial charge in [-0.15, -0.1) is 0 Å². The molecule has 1 unspecified atom stereocenters. The van der Waals surface area contributed by atoms with Crippen molar-refractivity contribution in [1.82, 2.24) is 9.97 Å². The molecule has 1 aliphatic rings. The van der Waals surface area contributed by atoms with Crippen molar-refractivity contribution in [2.75, 3.05) is 11.9 Å². The Kier molecular flexibility index (Phi) is 3.16. The molecule has 0 radical (unpaired) electrons. The van der Waals surface area contributed by atoms with Gasteiger partial charge in [-0.1, -0.05) is 6.42 Å². The van der Waals surface area contributed by atoms with Gasteiger partial charge in [-0.25, -0.2) is 9.97 Å². The first-order valence-corrected chi connectivity index (χ1v) is 5.57. The summed E-state index contributed by atoms with van der Waals surface area (Å²) in [5.74, 6) is 1.38. The zero-order chi connectivity index (χ0) is 10.7. The quantitative estimate of drug-likeness (QED) is 0.783. The minimum Gasteiger partial charge on any atom is -0.353 e. The topological polar surface area (TPSA) is 63.8 Å². The lowest BCUT2D eigenvalue weighted by Crippen LogP contribution is -2.25. The first kappa shape index (κ1) is 10.4. The zero-order valence-corrected chi connectivity index (χ0v) is 9.11. The number of hydrogen-bond acceptors (Lipinski definition) is 4. The van der Waals surface area contributed by atoms with Gasteiger partial charge in [0, 0.05) is 25.0 Å². The van der Waals surface area contributed by atoms with E-state index < -0.39 is 0 Å². The van der Waals surface area contributed by atoms with Gasteiger partial charge in [-0.05, 0) is 31.2 Å². The van der Waals surface area contributed by atoms with Crippen LogP contribution >= 0.6 is 0 Å². The highest BCUT2D eigenvalue weighted by Crippen LogP contribution is 2.35. The second kappa shape index (κ2) is 4.57. The van der Waals surface area contributed by atoms with E-state index in [4.69, 9.17) is 5.73 Å². The summed E-state index contributed by atoms with van der Waals surface area (Å²) in [6, 6.07) is 0.125. The average Bonchev–Trinajstić information content (AvgIpc) is 2.14. The summed E-state index contributed by atoms with van der Waals surface area (Å²) in [5, 5.41) is 3.10. The van der Waals surface area contributed by atoms with Crippen molar-refractivity contribution in [2.45, 2.75) is 38.1 Å². The van der Waals surface area contributed by atoms with Crippen molar-refractivity contribution < 1.29 is 0 Å². The highest BCUT2D eigenvalue weighted by molar-refractivity contribution is 5.26. The largest absolute Gasteiger partial charge is 0.353 e. The summed E-state index contributed by atoms with van der Waals surface area (Å²) in [6.45, 7) is 2.67. The fraction of sp³-hybridized carbons (Fsp3) is 0.636. The summed E-state index contributed by atoms with van der Waals surface area (Å²) < 4.78 is 0. The lowest BCUT2D eigenvalue weighted by Gasteiger charge is -2.24. The molecule has 1 atom stereocenters. The van der Waals surface area contributed by atoms with E-state index in [1.807, 2.05) is 19.3 Å².